The fourth-order valence-electron chi connectivity index (χ4n) is 2.98. The Kier molecular flexibility index (Phi) is 23.6. The molecule has 0 radical (unpaired) electrons. The topological polar surface area (TPSA) is 104 Å². The quantitative estimate of drug-likeness (QED) is 0.161. The average molecular weight is 433 g/mol. The van der Waals surface area contributed by atoms with E-state index in [-0.39, 0.29) is 25.8 Å². The monoisotopic (exact) mass is 432 g/mol. The Morgan fingerprint density at radius 3 is 1.30 bits per heavy atom. The molecule has 0 unspecified atom stereocenters. The van der Waals surface area contributed by atoms with Crippen LogP contribution < -0.4 is 0 Å². The molecule has 0 aromatic heterocycles. The molecule has 0 aromatic carbocycles. The molecule has 0 atom stereocenters. The van der Waals surface area contributed by atoms with Gasteiger partial charge in [-0.3, -0.25) is 9.59 Å². The van der Waals surface area contributed by atoms with Crippen LogP contribution in [-0.4, -0.2) is 47.1 Å². The van der Waals surface area contributed by atoms with E-state index in [0.717, 1.165) is 12.8 Å². The third-order valence-electron chi connectivity index (χ3n) is 5.50. The summed E-state index contributed by atoms with van der Waals surface area (Å²) in [5, 5.41) is 26.0. The smallest absolute Gasteiger partial charge is 0.313 e. The maximum absolute atomic E-state index is 11.1. The second kappa shape index (κ2) is 22.7. The van der Waals surface area contributed by atoms with Crippen LogP contribution in [0.4, 0.5) is 0 Å². The first-order chi connectivity index (χ1) is 14.4. The van der Waals surface area contributed by atoms with Crippen molar-refractivity contribution in [2.45, 2.75) is 117 Å². The Labute approximate surface area is 184 Å². The predicted molar refractivity (Wildman–Crippen MR) is 121 cm³/mol. The van der Waals surface area contributed by atoms with E-state index in [9.17, 15) is 9.59 Å². The molecule has 0 saturated carbocycles. The van der Waals surface area contributed by atoms with Crippen LogP contribution in [0, 0.1) is 5.41 Å². The molecular formula is C24H48O6. The van der Waals surface area contributed by atoms with E-state index in [4.69, 9.17) is 15.3 Å². The fourth-order valence-corrected chi connectivity index (χ4v) is 2.98. The Bertz CT molecular complexity index is 376. The van der Waals surface area contributed by atoms with Gasteiger partial charge in [-0.1, -0.05) is 90.9 Å². The highest BCUT2D eigenvalue weighted by Gasteiger charge is 2.24. The number of esters is 2. The summed E-state index contributed by atoms with van der Waals surface area (Å²) in [6.45, 7) is 4.88. The highest BCUT2D eigenvalue weighted by molar-refractivity contribution is 5.83. The van der Waals surface area contributed by atoms with Crippen molar-refractivity contribution in [3.63, 3.8) is 0 Å². The van der Waals surface area contributed by atoms with Crippen molar-refractivity contribution in [2.24, 2.45) is 5.41 Å². The summed E-state index contributed by atoms with van der Waals surface area (Å²) >= 11 is 0. The lowest BCUT2D eigenvalue weighted by molar-refractivity contribution is -0.158. The highest BCUT2D eigenvalue weighted by atomic mass is 16.6. The third kappa shape index (κ3) is 20.3. The lowest BCUT2D eigenvalue weighted by Gasteiger charge is -2.24. The zero-order valence-electron chi connectivity index (χ0n) is 19.8. The highest BCUT2D eigenvalue weighted by Crippen LogP contribution is 2.18. The molecule has 30 heavy (non-hydrogen) atoms. The van der Waals surface area contributed by atoms with Crippen molar-refractivity contribution in [2.75, 3.05) is 19.8 Å². The Morgan fingerprint density at radius 2 is 1.03 bits per heavy atom. The lowest BCUT2D eigenvalue weighted by atomic mass is 9.88. The van der Waals surface area contributed by atoms with Gasteiger partial charge in [0.1, 0.15) is 0 Å². The Morgan fingerprint density at radius 1 is 0.667 bits per heavy atom. The van der Waals surface area contributed by atoms with E-state index < -0.39 is 11.4 Å². The normalized spacial score (nSPS) is 11.0. The van der Waals surface area contributed by atoms with Gasteiger partial charge in [-0.2, -0.15) is 0 Å². The van der Waals surface area contributed by atoms with Crippen LogP contribution in [0.25, 0.3) is 0 Å². The zero-order valence-corrected chi connectivity index (χ0v) is 19.8. The van der Waals surface area contributed by atoms with Crippen molar-refractivity contribution in [3.8, 4) is 0 Å². The van der Waals surface area contributed by atoms with E-state index >= 15 is 0 Å². The zero-order chi connectivity index (χ0) is 23.1. The number of aliphatic hydroxyl groups is 3. The number of hydrogen-bond donors (Lipinski definition) is 3. The maximum atomic E-state index is 11.1. The van der Waals surface area contributed by atoms with Crippen molar-refractivity contribution in [1.82, 2.24) is 0 Å². The summed E-state index contributed by atoms with van der Waals surface area (Å²) in [6, 6.07) is 0. The maximum Gasteiger partial charge on any atom is 0.313 e. The fraction of sp³-hybridized carbons (Fsp3) is 0.917. The van der Waals surface area contributed by atoms with Crippen molar-refractivity contribution in [1.29, 1.82) is 0 Å². The Balaban J connectivity index is 0. The summed E-state index contributed by atoms with van der Waals surface area (Å²) in [4.78, 5) is 21.7. The van der Waals surface area contributed by atoms with E-state index in [1.54, 1.807) is 0 Å². The molecule has 0 amide bonds. The third-order valence-corrected chi connectivity index (χ3v) is 5.50. The van der Waals surface area contributed by atoms with Crippen LogP contribution in [-0.2, 0) is 14.3 Å². The molecule has 0 rings (SSSR count). The molecule has 6 nitrogen and oxygen atoms in total. The van der Waals surface area contributed by atoms with E-state index in [2.05, 4.69) is 11.7 Å². The first kappa shape index (κ1) is 31.2. The molecule has 0 saturated heterocycles. The first-order valence-electron chi connectivity index (χ1n) is 11.9. The summed E-state index contributed by atoms with van der Waals surface area (Å²) < 4.78 is 4.48. The van der Waals surface area contributed by atoms with Crippen molar-refractivity contribution in [3.05, 3.63) is 0 Å². The predicted octanol–water partition coefficient (Wildman–Crippen LogP) is 4.92. The Hall–Kier alpha value is -0.980. The lowest BCUT2D eigenvalue weighted by Crippen LogP contribution is -2.32. The average Bonchev–Trinajstić information content (AvgIpc) is 2.73. The van der Waals surface area contributed by atoms with E-state index in [0.29, 0.717) is 12.8 Å². The van der Waals surface area contributed by atoms with Crippen LogP contribution in [0.15, 0.2) is 0 Å². The molecule has 6 heteroatoms. The van der Waals surface area contributed by atoms with Crippen LogP contribution in [0.3, 0.4) is 0 Å². The van der Waals surface area contributed by atoms with Crippen molar-refractivity contribution >= 4 is 11.9 Å². The van der Waals surface area contributed by atoms with Gasteiger partial charge < -0.3 is 20.1 Å². The minimum absolute atomic E-state index is 0.156. The van der Waals surface area contributed by atoms with Gasteiger partial charge in [-0.25, -0.2) is 0 Å². The van der Waals surface area contributed by atoms with Crippen LogP contribution in [0.1, 0.15) is 117 Å². The number of carbonyl (C=O) groups excluding carboxylic acids is 2. The number of rotatable bonds is 18. The number of carbonyl (C=O) groups is 2. The largest absolute Gasteiger partial charge is 0.396 e. The molecule has 0 aliphatic rings. The SMILES string of the molecule is CCC(CO)(CO)CO.CCCCCCCCCCCCCCCC(=O)OC(C)=O. The van der Waals surface area contributed by atoms with Gasteiger partial charge in [0.2, 0.25) is 0 Å². The summed E-state index contributed by atoms with van der Waals surface area (Å²) in [5.41, 5.74) is -0.667. The van der Waals surface area contributed by atoms with Gasteiger partial charge in [0.05, 0.1) is 19.8 Å². The molecule has 0 heterocycles. The van der Waals surface area contributed by atoms with Gasteiger partial charge in [-0.05, 0) is 12.8 Å². The minimum Gasteiger partial charge on any atom is -0.396 e. The summed E-state index contributed by atoms with van der Waals surface area (Å²) in [7, 11) is 0. The first-order valence-corrected chi connectivity index (χ1v) is 11.9. The second-order valence-corrected chi connectivity index (χ2v) is 8.29. The molecule has 0 fully saturated rings. The van der Waals surface area contributed by atoms with Crippen LogP contribution in [0.5, 0.6) is 0 Å². The number of aliphatic hydroxyl groups excluding tert-OH is 3. The molecule has 0 aliphatic heterocycles. The van der Waals surface area contributed by atoms with Gasteiger partial charge in [0, 0.05) is 18.8 Å². The van der Waals surface area contributed by atoms with Crippen LogP contribution in [0.2, 0.25) is 0 Å². The number of hydrogen-bond acceptors (Lipinski definition) is 6. The second-order valence-electron chi connectivity index (χ2n) is 8.29. The van der Waals surface area contributed by atoms with Gasteiger partial charge in [0.25, 0.3) is 0 Å². The van der Waals surface area contributed by atoms with Crippen LogP contribution >= 0.6 is 0 Å². The molecule has 3 N–H and O–H groups in total. The van der Waals surface area contributed by atoms with Gasteiger partial charge in [-0.15, -0.1) is 0 Å². The standard InChI is InChI=1S/C18H34O3.C6H14O3/c1-3-4-5-6-7-8-9-10-11-12-13-14-15-16-18(20)21-17(2)19;1-2-6(3-7,4-8)5-9/h3-16H2,1-2H3;7-9H,2-5H2,1H3. The van der Waals surface area contributed by atoms with E-state index in [1.807, 2.05) is 6.92 Å². The van der Waals surface area contributed by atoms with Gasteiger partial charge >= 0.3 is 11.9 Å². The molecule has 0 aromatic rings. The summed E-state index contributed by atoms with van der Waals surface area (Å²) in [5.74, 6) is -0.889. The molecule has 180 valence electrons. The summed E-state index contributed by atoms with van der Waals surface area (Å²) in [6.07, 6.45) is 17.7. The van der Waals surface area contributed by atoms with Gasteiger partial charge in [0.15, 0.2) is 0 Å². The van der Waals surface area contributed by atoms with Crippen molar-refractivity contribution < 1.29 is 29.6 Å². The molecular weight excluding hydrogens is 384 g/mol. The molecule has 0 bridgehead atoms. The minimum atomic E-state index is -0.667. The molecule has 0 aliphatic carbocycles. The number of unbranched alkanes of at least 4 members (excludes halogenated alkanes) is 12. The van der Waals surface area contributed by atoms with E-state index in [1.165, 1.54) is 77.6 Å². The molecule has 0 spiro atoms. The number of ether oxygens (including phenoxy) is 1.